The summed E-state index contributed by atoms with van der Waals surface area (Å²) in [5.41, 5.74) is 0. The van der Waals surface area contributed by atoms with Crippen molar-refractivity contribution in [1.29, 1.82) is 0 Å². The van der Waals surface area contributed by atoms with Gasteiger partial charge in [0, 0.05) is 31.3 Å². The predicted octanol–water partition coefficient (Wildman–Crippen LogP) is 0.314. The molecule has 1 atom stereocenters. The van der Waals surface area contributed by atoms with Crippen LogP contribution in [0, 0.1) is 11.8 Å². The third-order valence-corrected chi connectivity index (χ3v) is 3.38. The Kier molecular flexibility index (Phi) is 4.14. The molecule has 3 N–H and O–H groups in total. The molecule has 0 saturated carbocycles. The predicted molar refractivity (Wildman–Crippen MR) is 65.4 cm³/mol. The third-order valence-electron chi connectivity index (χ3n) is 3.38. The van der Waals surface area contributed by atoms with Gasteiger partial charge in [0.05, 0.1) is 0 Å². The first-order valence-corrected chi connectivity index (χ1v) is 6.24. The van der Waals surface area contributed by atoms with E-state index in [2.05, 4.69) is 20.6 Å². The number of rotatable bonds is 6. The van der Waals surface area contributed by atoms with E-state index < -0.39 is 0 Å². The highest BCUT2D eigenvalue weighted by molar-refractivity contribution is 5.78. The first-order valence-electron chi connectivity index (χ1n) is 6.24. The molecule has 1 aliphatic heterocycles. The number of aromatic amines is 1. The monoisotopic (exact) mass is 236 g/mol. The van der Waals surface area contributed by atoms with Crippen LogP contribution in [0.5, 0.6) is 0 Å². The Hall–Kier alpha value is -1.36. The highest BCUT2D eigenvalue weighted by Crippen LogP contribution is 2.15. The smallest absolute Gasteiger partial charge is 0.223 e. The number of aromatic nitrogens is 2. The zero-order chi connectivity index (χ0) is 12.1. The van der Waals surface area contributed by atoms with Crippen molar-refractivity contribution >= 4 is 5.91 Å². The summed E-state index contributed by atoms with van der Waals surface area (Å²) in [5.74, 6) is 1.80. The van der Waals surface area contributed by atoms with Crippen molar-refractivity contribution in [3.05, 3.63) is 18.2 Å². The number of imidazole rings is 1. The molecule has 1 amide bonds. The number of aryl methyl sites for hydroxylation is 1. The molecule has 1 unspecified atom stereocenters. The summed E-state index contributed by atoms with van der Waals surface area (Å²) in [4.78, 5) is 19.0. The van der Waals surface area contributed by atoms with Crippen LogP contribution in [-0.2, 0) is 11.2 Å². The number of carbonyl (C=O) groups excluding carboxylic acids is 1. The van der Waals surface area contributed by atoms with Gasteiger partial charge in [-0.1, -0.05) is 6.92 Å². The Labute approximate surface area is 101 Å². The van der Waals surface area contributed by atoms with Crippen LogP contribution in [0.25, 0.3) is 0 Å². The van der Waals surface area contributed by atoms with Crippen LogP contribution in [0.15, 0.2) is 12.4 Å². The summed E-state index contributed by atoms with van der Waals surface area (Å²) in [7, 11) is 0. The Morgan fingerprint density at radius 1 is 1.65 bits per heavy atom. The van der Waals surface area contributed by atoms with Gasteiger partial charge in [0.1, 0.15) is 5.82 Å². The average Bonchev–Trinajstić information content (AvgIpc) is 2.74. The molecule has 5 heteroatoms. The molecule has 5 nitrogen and oxygen atoms in total. The molecule has 1 aromatic heterocycles. The number of hydrogen-bond donors (Lipinski definition) is 3. The van der Waals surface area contributed by atoms with Gasteiger partial charge in [-0.05, 0) is 25.4 Å². The van der Waals surface area contributed by atoms with Crippen molar-refractivity contribution < 1.29 is 4.79 Å². The highest BCUT2D eigenvalue weighted by Gasteiger charge is 2.28. The van der Waals surface area contributed by atoms with E-state index in [0.717, 1.165) is 38.3 Å². The second-order valence-electron chi connectivity index (χ2n) is 4.64. The molecule has 2 rings (SSSR count). The summed E-state index contributed by atoms with van der Waals surface area (Å²) < 4.78 is 0. The van der Waals surface area contributed by atoms with Gasteiger partial charge >= 0.3 is 0 Å². The normalized spacial score (nSPS) is 17.5. The molecule has 94 valence electrons. The maximum atomic E-state index is 11.8. The lowest BCUT2D eigenvalue weighted by Gasteiger charge is -2.31. The van der Waals surface area contributed by atoms with Gasteiger partial charge in [-0.2, -0.15) is 0 Å². The molecule has 0 spiro atoms. The maximum absolute atomic E-state index is 11.8. The van der Waals surface area contributed by atoms with E-state index in [0.29, 0.717) is 5.92 Å². The largest absolute Gasteiger partial charge is 0.356 e. The zero-order valence-electron chi connectivity index (χ0n) is 10.2. The topological polar surface area (TPSA) is 69.8 Å². The summed E-state index contributed by atoms with van der Waals surface area (Å²) in [6.45, 7) is 4.68. The van der Waals surface area contributed by atoms with Gasteiger partial charge in [-0.15, -0.1) is 0 Å². The molecule has 1 aliphatic rings. The second-order valence-corrected chi connectivity index (χ2v) is 4.64. The van der Waals surface area contributed by atoms with E-state index in [1.165, 1.54) is 0 Å². The van der Waals surface area contributed by atoms with Gasteiger partial charge in [0.15, 0.2) is 0 Å². The standard InChI is InChI=1S/C12H20N4O/c1-9(10-7-13-8-10)12(17)16-4-2-3-11-14-5-6-15-11/h5-6,9-10,13H,2-4,7-8H2,1H3,(H,14,15)(H,16,17). The number of carbonyl (C=O) groups is 1. The number of H-pyrrole nitrogens is 1. The second kappa shape index (κ2) is 5.82. The molecular weight excluding hydrogens is 216 g/mol. The van der Waals surface area contributed by atoms with Crippen LogP contribution in [0.3, 0.4) is 0 Å². The van der Waals surface area contributed by atoms with E-state index in [1.54, 1.807) is 6.20 Å². The lowest BCUT2D eigenvalue weighted by atomic mass is 9.88. The van der Waals surface area contributed by atoms with E-state index >= 15 is 0 Å². The number of nitrogens with zero attached hydrogens (tertiary/aromatic N) is 1. The van der Waals surface area contributed by atoms with Crippen molar-refractivity contribution in [3.63, 3.8) is 0 Å². The van der Waals surface area contributed by atoms with Crippen molar-refractivity contribution in [3.8, 4) is 0 Å². The SMILES string of the molecule is CC(C(=O)NCCCc1ncc[nH]1)C1CNC1. The van der Waals surface area contributed by atoms with E-state index in [1.807, 2.05) is 13.1 Å². The van der Waals surface area contributed by atoms with Crippen LogP contribution in [-0.4, -0.2) is 35.5 Å². The van der Waals surface area contributed by atoms with Crippen LogP contribution >= 0.6 is 0 Å². The summed E-state index contributed by atoms with van der Waals surface area (Å²) in [5, 5.41) is 6.18. The summed E-state index contributed by atoms with van der Waals surface area (Å²) in [6.07, 6.45) is 5.38. The van der Waals surface area contributed by atoms with Gasteiger partial charge in [-0.3, -0.25) is 4.79 Å². The molecular formula is C12H20N4O. The van der Waals surface area contributed by atoms with Crippen LogP contribution in [0.1, 0.15) is 19.2 Å². The molecule has 2 heterocycles. The molecule has 0 radical (unpaired) electrons. The zero-order valence-corrected chi connectivity index (χ0v) is 10.2. The van der Waals surface area contributed by atoms with E-state index in [9.17, 15) is 4.79 Å². The number of nitrogens with one attached hydrogen (secondary N) is 3. The van der Waals surface area contributed by atoms with Gasteiger partial charge < -0.3 is 15.6 Å². The minimum absolute atomic E-state index is 0.125. The minimum atomic E-state index is 0.125. The third kappa shape index (κ3) is 3.30. The lowest BCUT2D eigenvalue weighted by molar-refractivity contribution is -0.126. The van der Waals surface area contributed by atoms with Crippen molar-refractivity contribution in [2.75, 3.05) is 19.6 Å². The minimum Gasteiger partial charge on any atom is -0.356 e. The Balaban J connectivity index is 1.59. The fourth-order valence-corrected chi connectivity index (χ4v) is 1.94. The molecule has 1 aromatic rings. The van der Waals surface area contributed by atoms with Crippen LogP contribution in [0.2, 0.25) is 0 Å². The van der Waals surface area contributed by atoms with Gasteiger partial charge in [0.25, 0.3) is 0 Å². The van der Waals surface area contributed by atoms with Crippen LogP contribution in [0.4, 0.5) is 0 Å². The molecule has 0 aliphatic carbocycles. The quantitative estimate of drug-likeness (QED) is 0.623. The van der Waals surface area contributed by atoms with Crippen LogP contribution < -0.4 is 10.6 Å². The molecule has 17 heavy (non-hydrogen) atoms. The van der Waals surface area contributed by atoms with Crippen molar-refractivity contribution in [2.45, 2.75) is 19.8 Å². The lowest BCUT2D eigenvalue weighted by Crippen LogP contribution is -2.49. The Bertz CT molecular complexity index is 345. The van der Waals surface area contributed by atoms with Gasteiger partial charge in [0.2, 0.25) is 5.91 Å². The fourth-order valence-electron chi connectivity index (χ4n) is 1.94. The number of amides is 1. The fraction of sp³-hybridized carbons (Fsp3) is 0.667. The summed E-state index contributed by atoms with van der Waals surface area (Å²) in [6, 6.07) is 0. The first-order chi connectivity index (χ1) is 8.27. The first kappa shape index (κ1) is 12.1. The number of hydrogen-bond acceptors (Lipinski definition) is 3. The average molecular weight is 236 g/mol. The maximum Gasteiger partial charge on any atom is 0.223 e. The Morgan fingerprint density at radius 3 is 3.06 bits per heavy atom. The molecule has 1 saturated heterocycles. The summed E-state index contributed by atoms with van der Waals surface area (Å²) >= 11 is 0. The molecule has 1 fully saturated rings. The Morgan fingerprint density at radius 2 is 2.47 bits per heavy atom. The van der Waals surface area contributed by atoms with Crippen molar-refractivity contribution in [2.24, 2.45) is 11.8 Å². The van der Waals surface area contributed by atoms with Gasteiger partial charge in [-0.25, -0.2) is 4.98 Å². The molecule has 0 aromatic carbocycles. The van der Waals surface area contributed by atoms with Crippen molar-refractivity contribution in [1.82, 2.24) is 20.6 Å². The van der Waals surface area contributed by atoms with E-state index in [-0.39, 0.29) is 11.8 Å². The highest BCUT2D eigenvalue weighted by atomic mass is 16.1. The molecule has 0 bridgehead atoms. The van der Waals surface area contributed by atoms with E-state index in [4.69, 9.17) is 0 Å².